The summed E-state index contributed by atoms with van der Waals surface area (Å²) in [7, 11) is 1.80. The summed E-state index contributed by atoms with van der Waals surface area (Å²) in [6.45, 7) is 14.7. The fourth-order valence-electron chi connectivity index (χ4n) is 2.54. The predicted octanol–water partition coefficient (Wildman–Crippen LogP) is 2.47. The van der Waals surface area contributed by atoms with Crippen molar-refractivity contribution < 1.29 is 0 Å². The van der Waals surface area contributed by atoms with E-state index in [9.17, 15) is 0 Å². The quantitative estimate of drug-likeness (QED) is 0.326. The Labute approximate surface area is 141 Å². The second kappa shape index (κ2) is 9.60. The molecule has 0 aromatic heterocycles. The van der Waals surface area contributed by atoms with E-state index in [2.05, 4.69) is 47.9 Å². The molecule has 2 N–H and O–H groups in total. The van der Waals surface area contributed by atoms with Gasteiger partial charge < -0.3 is 10.6 Å². The number of hydrogen-bond acceptors (Lipinski definition) is 2. The van der Waals surface area contributed by atoms with E-state index in [-0.39, 0.29) is 29.5 Å². The third kappa shape index (κ3) is 6.43. The zero-order valence-corrected chi connectivity index (χ0v) is 15.7. The van der Waals surface area contributed by atoms with Crippen LogP contribution in [0.25, 0.3) is 0 Å². The van der Waals surface area contributed by atoms with Crippen LogP contribution >= 0.6 is 24.0 Å². The number of hydrogen-bond donors (Lipinski definition) is 2. The van der Waals surface area contributed by atoms with Crippen molar-refractivity contribution in [1.82, 2.24) is 15.5 Å². The molecule has 0 aromatic carbocycles. The van der Waals surface area contributed by atoms with Crippen LogP contribution in [0.2, 0.25) is 0 Å². The Morgan fingerprint density at radius 1 is 1.45 bits per heavy atom. The van der Waals surface area contributed by atoms with Gasteiger partial charge in [-0.15, -0.1) is 30.6 Å². The highest BCUT2D eigenvalue weighted by atomic mass is 127. The van der Waals surface area contributed by atoms with Gasteiger partial charge in [0.1, 0.15) is 0 Å². The highest BCUT2D eigenvalue weighted by molar-refractivity contribution is 14.0. The summed E-state index contributed by atoms with van der Waals surface area (Å²) < 4.78 is 0. The first kappa shape index (κ1) is 19.7. The number of guanidine groups is 1. The Bertz CT molecular complexity index is 315. The lowest BCUT2D eigenvalue weighted by molar-refractivity contribution is 0.0740. The molecule has 0 aromatic rings. The summed E-state index contributed by atoms with van der Waals surface area (Å²) in [5, 5.41) is 6.61. The molecule has 1 aliphatic heterocycles. The summed E-state index contributed by atoms with van der Waals surface area (Å²) in [4.78, 5) is 6.81. The van der Waals surface area contributed by atoms with Gasteiger partial charge in [0.2, 0.25) is 0 Å². The molecule has 1 atom stereocenters. The summed E-state index contributed by atoms with van der Waals surface area (Å²) in [6, 6.07) is 0. The van der Waals surface area contributed by atoms with Gasteiger partial charge in [-0.05, 0) is 39.2 Å². The summed E-state index contributed by atoms with van der Waals surface area (Å²) in [6.07, 6.45) is 4.51. The summed E-state index contributed by atoms with van der Waals surface area (Å²) in [5.74, 6) is 1.66. The minimum absolute atomic E-state index is 0. The molecular weight excluding hydrogens is 363 g/mol. The van der Waals surface area contributed by atoms with E-state index in [0.717, 1.165) is 25.0 Å². The molecular formula is C15H31IN4. The van der Waals surface area contributed by atoms with E-state index in [1.165, 1.54) is 25.9 Å². The Hall–Kier alpha value is -0.300. The van der Waals surface area contributed by atoms with E-state index >= 15 is 0 Å². The van der Waals surface area contributed by atoms with E-state index in [1.807, 2.05) is 6.08 Å². The number of aliphatic imine (C=N–C) groups is 1. The second-order valence-electron chi connectivity index (χ2n) is 6.10. The molecule has 1 saturated heterocycles. The van der Waals surface area contributed by atoms with Crippen molar-refractivity contribution in [2.75, 3.05) is 33.2 Å². The molecule has 118 valence electrons. The van der Waals surface area contributed by atoms with Crippen molar-refractivity contribution in [3.8, 4) is 0 Å². The first-order valence-corrected chi connectivity index (χ1v) is 7.30. The van der Waals surface area contributed by atoms with E-state index in [0.29, 0.717) is 0 Å². The molecule has 1 rings (SSSR count). The lowest BCUT2D eigenvalue weighted by Crippen LogP contribution is -2.55. The first-order chi connectivity index (χ1) is 8.99. The fourth-order valence-corrected chi connectivity index (χ4v) is 2.54. The molecule has 1 fully saturated rings. The van der Waals surface area contributed by atoms with Crippen LogP contribution in [0.5, 0.6) is 0 Å². The standard InChI is InChI=1S/C15H30N4.HI/c1-6-9-17-14(16-5)18-12-15(3,4)19-10-7-8-13(2)11-19;/h6,13H,1,7-12H2,2-5H3,(H2,16,17,18);1H. The second-order valence-corrected chi connectivity index (χ2v) is 6.10. The molecule has 0 spiro atoms. The smallest absolute Gasteiger partial charge is 0.191 e. The lowest BCUT2D eigenvalue weighted by atomic mass is 9.93. The monoisotopic (exact) mass is 394 g/mol. The lowest BCUT2D eigenvalue weighted by Gasteiger charge is -2.43. The van der Waals surface area contributed by atoms with E-state index < -0.39 is 0 Å². The van der Waals surface area contributed by atoms with Crippen molar-refractivity contribution in [2.45, 2.75) is 39.2 Å². The van der Waals surface area contributed by atoms with Gasteiger partial charge in [-0.3, -0.25) is 9.89 Å². The molecule has 1 aliphatic rings. The maximum Gasteiger partial charge on any atom is 0.191 e. The van der Waals surface area contributed by atoms with Crippen LogP contribution in [0.4, 0.5) is 0 Å². The Kier molecular flexibility index (Phi) is 9.46. The molecule has 0 bridgehead atoms. The zero-order valence-electron chi connectivity index (χ0n) is 13.4. The van der Waals surface area contributed by atoms with Crippen LogP contribution in [0.3, 0.4) is 0 Å². The normalized spacial score (nSPS) is 21.0. The minimum atomic E-state index is 0. The van der Waals surface area contributed by atoms with Crippen molar-refractivity contribution >= 4 is 29.9 Å². The molecule has 0 radical (unpaired) electrons. The van der Waals surface area contributed by atoms with Gasteiger partial charge in [-0.1, -0.05) is 13.0 Å². The maximum absolute atomic E-state index is 4.22. The van der Waals surface area contributed by atoms with Gasteiger partial charge in [0.25, 0.3) is 0 Å². The average Bonchev–Trinajstić information content (AvgIpc) is 2.39. The maximum atomic E-state index is 4.22. The van der Waals surface area contributed by atoms with Gasteiger partial charge in [0.05, 0.1) is 0 Å². The van der Waals surface area contributed by atoms with Crippen molar-refractivity contribution in [3.05, 3.63) is 12.7 Å². The number of rotatable bonds is 5. The third-order valence-electron chi connectivity index (χ3n) is 3.84. The Morgan fingerprint density at radius 2 is 2.15 bits per heavy atom. The van der Waals surface area contributed by atoms with E-state index in [1.54, 1.807) is 7.05 Å². The molecule has 1 heterocycles. The number of likely N-dealkylation sites (tertiary alicyclic amines) is 1. The first-order valence-electron chi connectivity index (χ1n) is 7.30. The predicted molar refractivity (Wildman–Crippen MR) is 99.0 cm³/mol. The largest absolute Gasteiger partial charge is 0.355 e. The number of halogens is 1. The highest BCUT2D eigenvalue weighted by Crippen LogP contribution is 2.23. The van der Waals surface area contributed by atoms with E-state index in [4.69, 9.17) is 0 Å². The van der Waals surface area contributed by atoms with Crippen LogP contribution in [-0.4, -0.2) is 49.6 Å². The topological polar surface area (TPSA) is 39.7 Å². The zero-order chi connectivity index (χ0) is 14.3. The average molecular weight is 394 g/mol. The molecule has 0 amide bonds. The van der Waals surface area contributed by atoms with Crippen LogP contribution in [0.15, 0.2) is 17.6 Å². The number of piperidine rings is 1. The van der Waals surface area contributed by atoms with Gasteiger partial charge >= 0.3 is 0 Å². The number of nitrogens with one attached hydrogen (secondary N) is 2. The van der Waals surface area contributed by atoms with Crippen LogP contribution in [-0.2, 0) is 0 Å². The SMILES string of the molecule is C=CCNC(=NC)NCC(C)(C)N1CCCC(C)C1.I. The van der Waals surface area contributed by atoms with Crippen LogP contribution in [0.1, 0.15) is 33.6 Å². The Morgan fingerprint density at radius 3 is 2.70 bits per heavy atom. The highest BCUT2D eigenvalue weighted by Gasteiger charge is 2.30. The molecule has 1 unspecified atom stereocenters. The van der Waals surface area contributed by atoms with Gasteiger partial charge in [-0.2, -0.15) is 0 Å². The van der Waals surface area contributed by atoms with Crippen LogP contribution < -0.4 is 10.6 Å². The van der Waals surface area contributed by atoms with Crippen molar-refractivity contribution in [2.24, 2.45) is 10.9 Å². The van der Waals surface area contributed by atoms with Gasteiger partial charge in [-0.25, -0.2) is 0 Å². The summed E-state index contributed by atoms with van der Waals surface area (Å²) in [5.41, 5.74) is 0.153. The molecule has 0 saturated carbocycles. The molecule has 20 heavy (non-hydrogen) atoms. The molecule has 0 aliphatic carbocycles. The molecule has 4 nitrogen and oxygen atoms in total. The van der Waals surface area contributed by atoms with Gasteiger partial charge in [0.15, 0.2) is 5.96 Å². The Balaban J connectivity index is 0.00000361. The molecule has 5 heteroatoms. The summed E-state index contributed by atoms with van der Waals surface area (Å²) >= 11 is 0. The van der Waals surface area contributed by atoms with Crippen molar-refractivity contribution in [1.29, 1.82) is 0 Å². The third-order valence-corrected chi connectivity index (χ3v) is 3.84. The van der Waals surface area contributed by atoms with Gasteiger partial charge in [0, 0.05) is 32.2 Å². The fraction of sp³-hybridized carbons (Fsp3) is 0.800. The van der Waals surface area contributed by atoms with Crippen molar-refractivity contribution in [3.63, 3.8) is 0 Å². The minimum Gasteiger partial charge on any atom is -0.355 e. The number of nitrogens with zero attached hydrogens (tertiary/aromatic N) is 2. The van der Waals surface area contributed by atoms with Crippen LogP contribution in [0, 0.1) is 5.92 Å².